The van der Waals surface area contributed by atoms with E-state index in [2.05, 4.69) is 54.7 Å². The van der Waals surface area contributed by atoms with Crippen molar-refractivity contribution in [3.63, 3.8) is 0 Å². The lowest BCUT2D eigenvalue weighted by molar-refractivity contribution is -0.134. The zero-order valence-electron chi connectivity index (χ0n) is 21.8. The van der Waals surface area contributed by atoms with Crippen LogP contribution in [0.15, 0.2) is 24.3 Å². The maximum absolute atomic E-state index is 10.8. The molecule has 0 bridgehead atoms. The minimum Gasteiger partial charge on any atom is -0.393 e. The number of fused-ring (bicyclic) bond motifs is 2. The molecular formula is C30H50O2. The van der Waals surface area contributed by atoms with Gasteiger partial charge in [0.1, 0.15) is 0 Å². The molecule has 0 aromatic rings. The zero-order valence-corrected chi connectivity index (χ0v) is 21.8. The van der Waals surface area contributed by atoms with Gasteiger partial charge in [0.05, 0.1) is 12.2 Å². The smallest absolute Gasteiger partial charge is 0.0594 e. The number of allylic oxidation sites excluding steroid dienone is 2. The fourth-order valence-electron chi connectivity index (χ4n) is 9.73. The molecule has 0 unspecified atom stereocenters. The Bertz CT molecular complexity index is 699. The fourth-order valence-corrected chi connectivity index (χ4v) is 9.73. The fraction of sp³-hybridized carbons (Fsp3) is 0.867. The van der Waals surface area contributed by atoms with Gasteiger partial charge in [0.25, 0.3) is 0 Å². The van der Waals surface area contributed by atoms with Gasteiger partial charge in [-0.3, -0.25) is 0 Å². The highest BCUT2D eigenvalue weighted by molar-refractivity contribution is 5.20. The Kier molecular flexibility index (Phi) is 6.11. The number of hydrogen-bond acceptors (Lipinski definition) is 2. The molecule has 4 fully saturated rings. The maximum Gasteiger partial charge on any atom is 0.0594 e. The van der Waals surface area contributed by atoms with Crippen molar-refractivity contribution >= 4 is 0 Å². The van der Waals surface area contributed by atoms with Crippen molar-refractivity contribution in [2.75, 3.05) is 0 Å². The van der Waals surface area contributed by atoms with Crippen LogP contribution in [0.4, 0.5) is 0 Å². The Balaban J connectivity index is 1.57. The summed E-state index contributed by atoms with van der Waals surface area (Å²) >= 11 is 0. The molecule has 4 saturated carbocycles. The van der Waals surface area contributed by atoms with Gasteiger partial charge in [-0.05, 0) is 110 Å². The predicted molar refractivity (Wildman–Crippen MR) is 134 cm³/mol. The summed E-state index contributed by atoms with van der Waals surface area (Å²) in [6, 6.07) is 0. The lowest BCUT2D eigenvalue weighted by Crippen LogP contribution is -2.56. The van der Waals surface area contributed by atoms with Crippen molar-refractivity contribution in [2.45, 2.75) is 118 Å². The minimum atomic E-state index is -0.179. The molecule has 0 amide bonds. The average Bonchev–Trinajstić information content (AvgIpc) is 2.69. The van der Waals surface area contributed by atoms with Crippen LogP contribution in [0.5, 0.6) is 0 Å². The van der Waals surface area contributed by atoms with Crippen LogP contribution >= 0.6 is 0 Å². The molecule has 2 heteroatoms. The van der Waals surface area contributed by atoms with E-state index in [-0.39, 0.29) is 33.9 Å². The Morgan fingerprint density at radius 3 is 1.34 bits per heavy atom. The van der Waals surface area contributed by atoms with E-state index in [9.17, 15) is 10.2 Å². The molecule has 0 aromatic carbocycles. The third-order valence-electron chi connectivity index (χ3n) is 11.8. The second-order valence-corrected chi connectivity index (χ2v) is 13.9. The molecule has 0 aromatic heterocycles. The number of hydrogen-bond donors (Lipinski definition) is 2. The first-order chi connectivity index (χ1) is 14.8. The predicted octanol–water partition coefficient (Wildman–Crippen LogP) is 7.31. The van der Waals surface area contributed by atoms with Gasteiger partial charge in [-0.25, -0.2) is 0 Å². The summed E-state index contributed by atoms with van der Waals surface area (Å²) in [7, 11) is 0. The zero-order chi connectivity index (χ0) is 23.7. The van der Waals surface area contributed by atoms with Gasteiger partial charge in [-0.15, -0.1) is 0 Å². The Hall–Kier alpha value is -0.600. The molecular weight excluding hydrogens is 392 g/mol. The topological polar surface area (TPSA) is 40.5 Å². The van der Waals surface area contributed by atoms with Gasteiger partial charge in [-0.1, -0.05) is 65.8 Å². The van der Waals surface area contributed by atoms with Gasteiger partial charge in [0, 0.05) is 0 Å². The van der Waals surface area contributed by atoms with Crippen molar-refractivity contribution in [3.8, 4) is 0 Å². The van der Waals surface area contributed by atoms with Crippen LogP contribution in [-0.2, 0) is 0 Å². The third-order valence-corrected chi connectivity index (χ3v) is 11.8. The largest absolute Gasteiger partial charge is 0.393 e. The summed E-state index contributed by atoms with van der Waals surface area (Å²) in [5, 5.41) is 21.6. The van der Waals surface area contributed by atoms with E-state index < -0.39 is 0 Å². The SMILES string of the molecule is C=C1CC[C@H]2C(C)(C)[C@@H](O)CC[C@@]2(C)[C@@H]1CC[C@H]1C(=C)CC[C@@H]2C(C)(C)[C@@H](O)CC[C@@]21C. The molecule has 0 saturated heterocycles. The molecule has 0 aliphatic heterocycles. The van der Waals surface area contributed by atoms with Gasteiger partial charge in [0.15, 0.2) is 0 Å². The maximum atomic E-state index is 10.8. The van der Waals surface area contributed by atoms with E-state index in [4.69, 9.17) is 0 Å². The number of aliphatic hydroxyl groups is 2. The molecule has 0 radical (unpaired) electrons. The van der Waals surface area contributed by atoms with Crippen LogP contribution < -0.4 is 0 Å². The first-order valence-corrected chi connectivity index (χ1v) is 13.5. The van der Waals surface area contributed by atoms with E-state index in [0.29, 0.717) is 23.7 Å². The van der Waals surface area contributed by atoms with Crippen molar-refractivity contribution in [1.82, 2.24) is 0 Å². The van der Waals surface area contributed by atoms with E-state index in [1.54, 1.807) is 0 Å². The molecule has 2 nitrogen and oxygen atoms in total. The normalized spacial score (nSPS) is 48.1. The molecule has 4 aliphatic rings. The molecule has 4 rings (SSSR count). The molecule has 8 atom stereocenters. The van der Waals surface area contributed by atoms with E-state index >= 15 is 0 Å². The standard InChI is InChI=1S/C30H50O2/c1-19-9-13-23-27(3,4)25(31)15-17-29(23,7)21(19)11-12-22-20(2)10-14-24-28(5,6)26(32)16-18-30(22,24)8/h21-26,31-32H,1-2,9-18H2,3-8H3/t21-,22+,23+,24-,25-,26-,29+,30-/m0/s1. The second-order valence-electron chi connectivity index (χ2n) is 13.9. The molecule has 0 heterocycles. The molecule has 0 spiro atoms. The highest BCUT2D eigenvalue weighted by Gasteiger charge is 2.58. The first-order valence-electron chi connectivity index (χ1n) is 13.5. The third kappa shape index (κ3) is 3.49. The van der Waals surface area contributed by atoms with Crippen LogP contribution in [-0.4, -0.2) is 22.4 Å². The monoisotopic (exact) mass is 442 g/mol. The summed E-state index contributed by atoms with van der Waals surface area (Å²) in [6.45, 7) is 23.4. The lowest BCUT2D eigenvalue weighted by Gasteiger charge is -2.61. The van der Waals surface area contributed by atoms with Crippen LogP contribution in [0.3, 0.4) is 0 Å². The number of rotatable bonds is 3. The summed E-state index contributed by atoms with van der Waals surface area (Å²) in [4.78, 5) is 0. The van der Waals surface area contributed by atoms with Crippen LogP contribution in [0.1, 0.15) is 106 Å². The number of aliphatic hydroxyl groups excluding tert-OH is 2. The van der Waals surface area contributed by atoms with Gasteiger partial charge in [-0.2, -0.15) is 0 Å². The van der Waals surface area contributed by atoms with Gasteiger partial charge < -0.3 is 10.2 Å². The van der Waals surface area contributed by atoms with Crippen molar-refractivity contribution < 1.29 is 10.2 Å². The summed E-state index contributed by atoms with van der Waals surface area (Å²) in [6.07, 6.45) is 10.7. The van der Waals surface area contributed by atoms with Crippen LogP contribution in [0.2, 0.25) is 0 Å². The minimum absolute atomic E-state index is 0.0129. The summed E-state index contributed by atoms with van der Waals surface area (Å²) < 4.78 is 0. The second kappa shape index (κ2) is 7.98. The van der Waals surface area contributed by atoms with Crippen molar-refractivity contribution in [1.29, 1.82) is 0 Å². The summed E-state index contributed by atoms with van der Waals surface area (Å²) in [5.74, 6) is 2.23. The van der Waals surface area contributed by atoms with E-state index in [0.717, 1.165) is 38.5 Å². The first kappa shape index (κ1) is 24.5. The molecule has 32 heavy (non-hydrogen) atoms. The summed E-state index contributed by atoms with van der Waals surface area (Å²) in [5.41, 5.74) is 3.38. The lowest BCUT2D eigenvalue weighted by atomic mass is 9.44. The highest BCUT2D eigenvalue weighted by atomic mass is 16.3. The van der Waals surface area contributed by atoms with Crippen molar-refractivity contribution in [3.05, 3.63) is 24.3 Å². The Morgan fingerprint density at radius 2 is 1.00 bits per heavy atom. The molecule has 4 aliphatic carbocycles. The highest BCUT2D eigenvalue weighted by Crippen LogP contribution is 2.64. The quantitative estimate of drug-likeness (QED) is 0.450. The van der Waals surface area contributed by atoms with Crippen LogP contribution in [0.25, 0.3) is 0 Å². The van der Waals surface area contributed by atoms with Crippen molar-refractivity contribution in [2.24, 2.45) is 45.3 Å². The Labute approximate surface area is 198 Å². The molecule has 2 N–H and O–H groups in total. The van der Waals surface area contributed by atoms with E-state index in [1.807, 2.05) is 0 Å². The van der Waals surface area contributed by atoms with E-state index in [1.165, 1.54) is 36.8 Å². The van der Waals surface area contributed by atoms with Crippen LogP contribution in [0, 0.1) is 45.3 Å². The van der Waals surface area contributed by atoms with Gasteiger partial charge >= 0.3 is 0 Å². The molecule has 182 valence electrons. The average molecular weight is 443 g/mol. The Morgan fingerprint density at radius 1 is 0.656 bits per heavy atom. The van der Waals surface area contributed by atoms with Gasteiger partial charge in [0.2, 0.25) is 0 Å².